The highest BCUT2D eigenvalue weighted by atomic mass is 16.5. The third-order valence-electron chi connectivity index (χ3n) is 5.12. The predicted molar refractivity (Wildman–Crippen MR) is 104 cm³/mol. The molecule has 1 atom stereocenters. The Hall–Kier alpha value is -2.72. The molecule has 0 bridgehead atoms. The molecule has 4 heteroatoms. The monoisotopic (exact) mass is 361 g/mol. The summed E-state index contributed by atoms with van der Waals surface area (Å²) < 4.78 is 10.8. The van der Waals surface area contributed by atoms with E-state index >= 15 is 0 Å². The second-order valence-electron chi connectivity index (χ2n) is 7.07. The zero-order chi connectivity index (χ0) is 18.5. The summed E-state index contributed by atoms with van der Waals surface area (Å²) in [5, 5.41) is 4.00. The molecule has 2 heterocycles. The molecule has 1 unspecified atom stereocenters. The Kier molecular flexibility index (Phi) is 5.45. The highest BCUT2D eigenvalue weighted by Crippen LogP contribution is 2.26. The molecule has 0 saturated carbocycles. The van der Waals surface area contributed by atoms with Gasteiger partial charge in [-0.25, -0.2) is 0 Å². The molecule has 1 aliphatic rings. The number of nitrogens with zero attached hydrogens (tertiary/aromatic N) is 1. The summed E-state index contributed by atoms with van der Waals surface area (Å²) >= 11 is 0. The largest absolute Gasteiger partial charge is 0.381 e. The van der Waals surface area contributed by atoms with Gasteiger partial charge in [0, 0.05) is 32.1 Å². The first kappa shape index (κ1) is 17.7. The minimum absolute atomic E-state index is 0.0493. The van der Waals surface area contributed by atoms with Crippen LogP contribution in [-0.2, 0) is 11.2 Å². The minimum Gasteiger partial charge on any atom is -0.381 e. The molecule has 1 fully saturated rings. The minimum atomic E-state index is 0.0493. The van der Waals surface area contributed by atoms with Crippen molar-refractivity contribution in [3.63, 3.8) is 0 Å². The number of carbonyl (C=O) groups excluding carboxylic acids is 1. The first-order chi connectivity index (χ1) is 13.3. The summed E-state index contributed by atoms with van der Waals surface area (Å²) in [6.45, 7) is 1.58. The standard InChI is InChI=1S/C23H23NO3/c25-23(11-10-17-12-13-26-16-17)22-15-20(27-24-22)14-19-8-4-5-9-21(19)18-6-2-1-3-7-18/h1-9,15,17H,10-14,16H2. The lowest BCUT2D eigenvalue weighted by Crippen LogP contribution is -2.05. The maximum absolute atomic E-state index is 12.4. The van der Waals surface area contributed by atoms with Crippen molar-refractivity contribution in [2.45, 2.75) is 25.7 Å². The van der Waals surface area contributed by atoms with Crippen molar-refractivity contribution in [2.75, 3.05) is 13.2 Å². The van der Waals surface area contributed by atoms with Gasteiger partial charge in [-0.2, -0.15) is 0 Å². The first-order valence-electron chi connectivity index (χ1n) is 9.49. The molecule has 27 heavy (non-hydrogen) atoms. The lowest BCUT2D eigenvalue weighted by molar-refractivity contribution is 0.0962. The topological polar surface area (TPSA) is 52.3 Å². The van der Waals surface area contributed by atoms with E-state index < -0.39 is 0 Å². The van der Waals surface area contributed by atoms with Gasteiger partial charge in [0.1, 0.15) is 11.5 Å². The summed E-state index contributed by atoms with van der Waals surface area (Å²) in [6, 6.07) is 20.3. The quantitative estimate of drug-likeness (QED) is 0.560. The van der Waals surface area contributed by atoms with Crippen molar-refractivity contribution in [2.24, 2.45) is 5.92 Å². The molecule has 2 aromatic carbocycles. The number of ketones is 1. The summed E-state index contributed by atoms with van der Waals surface area (Å²) in [7, 11) is 0. The van der Waals surface area contributed by atoms with Crippen molar-refractivity contribution in [1.82, 2.24) is 5.16 Å². The summed E-state index contributed by atoms with van der Waals surface area (Å²) in [4.78, 5) is 12.4. The molecule has 138 valence electrons. The molecule has 0 amide bonds. The maximum Gasteiger partial charge on any atom is 0.184 e. The fraction of sp³-hybridized carbons (Fsp3) is 0.304. The fourth-order valence-electron chi connectivity index (χ4n) is 3.56. The Balaban J connectivity index is 1.44. The molecule has 0 radical (unpaired) electrons. The summed E-state index contributed by atoms with van der Waals surface area (Å²) in [6.07, 6.45) is 3.02. The lowest BCUT2D eigenvalue weighted by Gasteiger charge is -2.08. The van der Waals surface area contributed by atoms with E-state index in [1.54, 1.807) is 6.07 Å². The molecule has 4 rings (SSSR count). The van der Waals surface area contributed by atoms with Crippen LogP contribution >= 0.6 is 0 Å². The van der Waals surface area contributed by atoms with Crippen LogP contribution in [-0.4, -0.2) is 24.2 Å². The third kappa shape index (κ3) is 4.34. The van der Waals surface area contributed by atoms with Crippen LogP contribution in [0.2, 0.25) is 0 Å². The van der Waals surface area contributed by atoms with E-state index in [1.807, 2.05) is 30.3 Å². The van der Waals surface area contributed by atoms with Gasteiger partial charge in [0.2, 0.25) is 0 Å². The first-order valence-corrected chi connectivity index (χ1v) is 9.49. The van der Waals surface area contributed by atoms with Crippen LogP contribution in [0.15, 0.2) is 65.2 Å². The molecule has 1 aromatic heterocycles. The number of hydrogen-bond donors (Lipinski definition) is 0. The summed E-state index contributed by atoms with van der Waals surface area (Å²) in [5.41, 5.74) is 3.93. The number of benzene rings is 2. The van der Waals surface area contributed by atoms with Crippen molar-refractivity contribution in [3.8, 4) is 11.1 Å². The van der Waals surface area contributed by atoms with Crippen LogP contribution < -0.4 is 0 Å². The van der Waals surface area contributed by atoms with Crippen molar-refractivity contribution in [3.05, 3.63) is 77.7 Å². The highest BCUT2D eigenvalue weighted by Gasteiger charge is 2.19. The number of hydrogen-bond acceptors (Lipinski definition) is 4. The van der Waals surface area contributed by atoms with Gasteiger partial charge in [0.05, 0.1) is 0 Å². The molecule has 0 aliphatic carbocycles. The van der Waals surface area contributed by atoms with Gasteiger partial charge in [-0.15, -0.1) is 0 Å². The van der Waals surface area contributed by atoms with Crippen LogP contribution in [0.3, 0.4) is 0 Å². The van der Waals surface area contributed by atoms with E-state index in [0.29, 0.717) is 30.2 Å². The second-order valence-corrected chi connectivity index (χ2v) is 7.07. The lowest BCUT2D eigenvalue weighted by atomic mass is 9.96. The van der Waals surface area contributed by atoms with Crippen LogP contribution in [0.1, 0.15) is 41.1 Å². The average Bonchev–Trinajstić information content (AvgIpc) is 3.39. The molecule has 1 aliphatic heterocycles. The van der Waals surface area contributed by atoms with Crippen molar-refractivity contribution >= 4 is 5.78 Å². The normalized spacial score (nSPS) is 16.5. The maximum atomic E-state index is 12.4. The van der Waals surface area contributed by atoms with Gasteiger partial charge < -0.3 is 9.26 Å². The smallest absolute Gasteiger partial charge is 0.184 e. The average molecular weight is 361 g/mol. The van der Waals surface area contributed by atoms with E-state index in [0.717, 1.165) is 31.6 Å². The van der Waals surface area contributed by atoms with Crippen molar-refractivity contribution < 1.29 is 14.1 Å². The van der Waals surface area contributed by atoms with E-state index in [9.17, 15) is 4.79 Å². The molecular formula is C23H23NO3. The van der Waals surface area contributed by atoms with Crippen LogP contribution in [0.25, 0.3) is 11.1 Å². The van der Waals surface area contributed by atoms with E-state index in [2.05, 4.69) is 29.4 Å². The van der Waals surface area contributed by atoms with Gasteiger partial charge >= 0.3 is 0 Å². The number of carbonyl (C=O) groups is 1. The second kappa shape index (κ2) is 8.31. The number of Topliss-reactive ketones (excluding diaryl/α,β-unsaturated/α-hetero) is 1. The Morgan fingerprint density at radius 1 is 1.07 bits per heavy atom. The molecule has 0 N–H and O–H groups in total. The van der Waals surface area contributed by atoms with Gasteiger partial charge in [-0.1, -0.05) is 59.8 Å². The van der Waals surface area contributed by atoms with Crippen LogP contribution in [0.4, 0.5) is 0 Å². The number of ether oxygens (including phenoxy) is 1. The van der Waals surface area contributed by atoms with E-state index in [-0.39, 0.29) is 5.78 Å². The Morgan fingerprint density at radius 2 is 1.89 bits per heavy atom. The molecular weight excluding hydrogens is 338 g/mol. The molecule has 0 spiro atoms. The van der Waals surface area contributed by atoms with Crippen LogP contribution in [0.5, 0.6) is 0 Å². The predicted octanol–water partition coefficient (Wildman–Crippen LogP) is 4.93. The fourth-order valence-corrected chi connectivity index (χ4v) is 3.56. The van der Waals surface area contributed by atoms with Crippen molar-refractivity contribution in [1.29, 1.82) is 0 Å². The van der Waals surface area contributed by atoms with E-state index in [1.165, 1.54) is 11.1 Å². The number of aromatic nitrogens is 1. The summed E-state index contributed by atoms with van der Waals surface area (Å²) in [5.74, 6) is 1.26. The number of rotatable bonds is 7. The highest BCUT2D eigenvalue weighted by molar-refractivity contribution is 5.94. The van der Waals surface area contributed by atoms with Gasteiger partial charge in [-0.05, 0) is 35.4 Å². The zero-order valence-electron chi connectivity index (χ0n) is 15.3. The SMILES string of the molecule is O=C(CCC1CCOC1)c1cc(Cc2ccccc2-c2ccccc2)on1. The van der Waals surface area contributed by atoms with E-state index in [4.69, 9.17) is 9.26 Å². The molecule has 4 nitrogen and oxygen atoms in total. The van der Waals surface area contributed by atoms with Gasteiger partial charge in [-0.3, -0.25) is 4.79 Å². The third-order valence-corrected chi connectivity index (χ3v) is 5.12. The molecule has 1 saturated heterocycles. The van der Waals surface area contributed by atoms with Gasteiger partial charge in [0.25, 0.3) is 0 Å². The zero-order valence-corrected chi connectivity index (χ0v) is 15.3. The Bertz CT molecular complexity index is 895. The Labute approximate surface area is 159 Å². The van der Waals surface area contributed by atoms with Crippen LogP contribution in [0, 0.1) is 5.92 Å². The van der Waals surface area contributed by atoms with Gasteiger partial charge in [0.15, 0.2) is 5.78 Å². The molecule has 3 aromatic rings. The Morgan fingerprint density at radius 3 is 2.70 bits per heavy atom.